The van der Waals surface area contributed by atoms with Crippen LogP contribution in [-0.2, 0) is 17.7 Å². The predicted molar refractivity (Wildman–Crippen MR) is 117 cm³/mol. The summed E-state index contributed by atoms with van der Waals surface area (Å²) in [7, 11) is 1.39. The number of amides is 1. The van der Waals surface area contributed by atoms with Crippen molar-refractivity contribution in [1.82, 2.24) is 10.2 Å². The first-order valence-electron chi connectivity index (χ1n) is 10.7. The average molecular weight is 449 g/mol. The summed E-state index contributed by atoms with van der Waals surface area (Å²) < 4.78 is 40.4. The molecular formula is C24H30F2N2O4. The second-order valence-electron chi connectivity index (χ2n) is 8.02. The zero-order valence-electron chi connectivity index (χ0n) is 18.6. The lowest BCUT2D eigenvalue weighted by Gasteiger charge is -2.35. The zero-order valence-corrected chi connectivity index (χ0v) is 18.6. The van der Waals surface area contributed by atoms with Gasteiger partial charge in [-0.05, 0) is 55.7 Å². The molecule has 0 spiro atoms. The minimum atomic E-state index is -2.93. The standard InChI is InChI=1S/C24H30F2N2O4/c1-16-13-28(14-17(2)31-16)15-19-4-7-20(8-5-19)23(29)27-11-10-18-6-9-21(30-3)22(12-18)32-24(25)26/h4-9,12,16-17,24H,10-11,13-15H2,1-3H3,(H,27,29). The third-order valence-electron chi connectivity index (χ3n) is 5.26. The van der Waals surface area contributed by atoms with Crippen molar-refractivity contribution in [1.29, 1.82) is 0 Å². The van der Waals surface area contributed by atoms with Crippen LogP contribution in [0.5, 0.6) is 11.5 Å². The second-order valence-corrected chi connectivity index (χ2v) is 8.02. The zero-order chi connectivity index (χ0) is 23.1. The maximum absolute atomic E-state index is 12.6. The molecule has 1 saturated heterocycles. The minimum Gasteiger partial charge on any atom is -0.493 e. The fraction of sp³-hybridized carbons (Fsp3) is 0.458. The van der Waals surface area contributed by atoms with Gasteiger partial charge in [-0.2, -0.15) is 8.78 Å². The smallest absolute Gasteiger partial charge is 0.387 e. The Morgan fingerprint density at radius 2 is 1.75 bits per heavy atom. The Balaban J connectivity index is 1.50. The van der Waals surface area contributed by atoms with E-state index in [-0.39, 0.29) is 29.6 Å². The number of methoxy groups -OCH3 is 1. The third-order valence-corrected chi connectivity index (χ3v) is 5.26. The number of carbonyl (C=O) groups excluding carboxylic acids is 1. The maximum Gasteiger partial charge on any atom is 0.387 e. The van der Waals surface area contributed by atoms with Gasteiger partial charge in [0.05, 0.1) is 19.3 Å². The van der Waals surface area contributed by atoms with Gasteiger partial charge in [-0.25, -0.2) is 0 Å². The fourth-order valence-corrected chi connectivity index (χ4v) is 3.92. The number of benzene rings is 2. The highest BCUT2D eigenvalue weighted by Gasteiger charge is 2.22. The van der Waals surface area contributed by atoms with Crippen LogP contribution in [0.2, 0.25) is 0 Å². The molecule has 2 aromatic rings. The SMILES string of the molecule is COc1ccc(CCNC(=O)c2ccc(CN3CC(C)OC(C)C3)cc2)cc1OC(F)F. The lowest BCUT2D eigenvalue weighted by atomic mass is 10.1. The van der Waals surface area contributed by atoms with Crippen LogP contribution in [-0.4, -0.2) is 56.4 Å². The Bertz CT molecular complexity index is 882. The third kappa shape index (κ3) is 6.90. The monoisotopic (exact) mass is 448 g/mol. The van der Waals surface area contributed by atoms with E-state index >= 15 is 0 Å². The first-order valence-corrected chi connectivity index (χ1v) is 10.7. The average Bonchev–Trinajstić information content (AvgIpc) is 2.73. The molecule has 0 aliphatic carbocycles. The number of nitrogens with one attached hydrogen (secondary N) is 1. The molecule has 174 valence electrons. The van der Waals surface area contributed by atoms with Crippen molar-refractivity contribution in [3.8, 4) is 11.5 Å². The molecule has 1 amide bonds. The highest BCUT2D eigenvalue weighted by atomic mass is 19.3. The number of alkyl halides is 2. The largest absolute Gasteiger partial charge is 0.493 e. The van der Waals surface area contributed by atoms with Gasteiger partial charge in [-0.1, -0.05) is 18.2 Å². The summed E-state index contributed by atoms with van der Waals surface area (Å²) in [6.45, 7) is 4.19. The van der Waals surface area contributed by atoms with Gasteiger partial charge in [-0.3, -0.25) is 9.69 Å². The van der Waals surface area contributed by atoms with E-state index in [1.807, 2.05) is 24.3 Å². The molecule has 0 aromatic heterocycles. The van der Waals surface area contributed by atoms with Crippen molar-refractivity contribution in [3.05, 3.63) is 59.2 Å². The minimum absolute atomic E-state index is 0.0222. The van der Waals surface area contributed by atoms with Crippen LogP contribution >= 0.6 is 0 Å². The lowest BCUT2D eigenvalue weighted by molar-refractivity contribution is -0.0704. The van der Waals surface area contributed by atoms with E-state index in [1.165, 1.54) is 13.2 Å². The molecule has 1 N–H and O–H groups in total. The van der Waals surface area contributed by atoms with Crippen LogP contribution in [0, 0.1) is 0 Å². The highest BCUT2D eigenvalue weighted by molar-refractivity contribution is 5.94. The number of rotatable bonds is 9. The molecule has 8 heteroatoms. The Hall–Kier alpha value is -2.71. The molecule has 0 radical (unpaired) electrons. The van der Waals surface area contributed by atoms with E-state index < -0.39 is 6.61 Å². The Kier molecular flexibility index (Phi) is 8.41. The van der Waals surface area contributed by atoms with Crippen molar-refractivity contribution in [2.24, 2.45) is 0 Å². The van der Waals surface area contributed by atoms with Gasteiger partial charge in [0, 0.05) is 31.7 Å². The normalized spacial score (nSPS) is 19.1. The Morgan fingerprint density at radius 3 is 2.38 bits per heavy atom. The summed E-state index contributed by atoms with van der Waals surface area (Å²) in [5, 5.41) is 2.86. The van der Waals surface area contributed by atoms with Gasteiger partial charge < -0.3 is 19.5 Å². The van der Waals surface area contributed by atoms with Crippen molar-refractivity contribution in [2.75, 3.05) is 26.7 Å². The van der Waals surface area contributed by atoms with Gasteiger partial charge in [0.1, 0.15) is 0 Å². The quantitative estimate of drug-likeness (QED) is 0.631. The van der Waals surface area contributed by atoms with Gasteiger partial charge in [0.15, 0.2) is 11.5 Å². The van der Waals surface area contributed by atoms with Gasteiger partial charge >= 0.3 is 6.61 Å². The molecule has 32 heavy (non-hydrogen) atoms. The molecule has 0 bridgehead atoms. The molecule has 1 heterocycles. The van der Waals surface area contributed by atoms with Crippen LogP contribution in [0.3, 0.4) is 0 Å². The van der Waals surface area contributed by atoms with Gasteiger partial charge in [-0.15, -0.1) is 0 Å². The molecule has 0 saturated carbocycles. The topological polar surface area (TPSA) is 60.0 Å². The number of hydrogen-bond acceptors (Lipinski definition) is 5. The number of hydrogen-bond donors (Lipinski definition) is 1. The van der Waals surface area contributed by atoms with Crippen molar-refractivity contribution < 1.29 is 27.8 Å². The van der Waals surface area contributed by atoms with E-state index in [9.17, 15) is 13.6 Å². The van der Waals surface area contributed by atoms with E-state index in [0.717, 1.165) is 30.8 Å². The van der Waals surface area contributed by atoms with E-state index in [4.69, 9.17) is 9.47 Å². The maximum atomic E-state index is 12.6. The molecule has 2 atom stereocenters. The summed E-state index contributed by atoms with van der Waals surface area (Å²) in [6, 6.07) is 12.4. The number of halogens is 2. The molecule has 6 nitrogen and oxygen atoms in total. The molecular weight excluding hydrogens is 418 g/mol. The number of nitrogens with zero attached hydrogens (tertiary/aromatic N) is 1. The molecule has 3 rings (SSSR count). The summed E-state index contributed by atoms with van der Waals surface area (Å²) in [5.74, 6) is 0.0351. The van der Waals surface area contributed by atoms with E-state index in [1.54, 1.807) is 12.1 Å². The van der Waals surface area contributed by atoms with Crippen molar-refractivity contribution >= 4 is 5.91 Å². The predicted octanol–water partition coefficient (Wildman–Crippen LogP) is 3.88. The van der Waals surface area contributed by atoms with Crippen LogP contribution in [0.1, 0.15) is 35.3 Å². The van der Waals surface area contributed by atoms with Crippen LogP contribution in [0.15, 0.2) is 42.5 Å². The Labute approximate surface area is 187 Å². The first-order chi connectivity index (χ1) is 15.3. The van der Waals surface area contributed by atoms with Gasteiger partial charge in [0.25, 0.3) is 5.91 Å². The van der Waals surface area contributed by atoms with Crippen LogP contribution < -0.4 is 14.8 Å². The molecule has 1 aliphatic heterocycles. The Morgan fingerprint density at radius 1 is 1.09 bits per heavy atom. The molecule has 1 fully saturated rings. The van der Waals surface area contributed by atoms with Crippen molar-refractivity contribution in [3.63, 3.8) is 0 Å². The van der Waals surface area contributed by atoms with Crippen LogP contribution in [0.4, 0.5) is 8.78 Å². The number of ether oxygens (including phenoxy) is 3. The van der Waals surface area contributed by atoms with E-state index in [2.05, 4.69) is 28.8 Å². The lowest BCUT2D eigenvalue weighted by Crippen LogP contribution is -2.44. The summed E-state index contributed by atoms with van der Waals surface area (Å²) in [4.78, 5) is 14.8. The molecule has 2 aromatic carbocycles. The molecule has 2 unspecified atom stereocenters. The fourth-order valence-electron chi connectivity index (χ4n) is 3.92. The second kappa shape index (κ2) is 11.2. The van der Waals surface area contributed by atoms with Crippen LogP contribution in [0.25, 0.3) is 0 Å². The first kappa shape index (κ1) is 23.9. The highest BCUT2D eigenvalue weighted by Crippen LogP contribution is 2.29. The van der Waals surface area contributed by atoms with Crippen molar-refractivity contribution in [2.45, 2.75) is 45.6 Å². The van der Waals surface area contributed by atoms with E-state index in [0.29, 0.717) is 18.5 Å². The molecule has 1 aliphatic rings. The number of carbonyl (C=O) groups is 1. The summed E-state index contributed by atoms with van der Waals surface area (Å²) in [5.41, 5.74) is 2.48. The number of morpholine rings is 1. The van der Waals surface area contributed by atoms with Gasteiger partial charge in [0.2, 0.25) is 0 Å². The summed E-state index contributed by atoms with van der Waals surface area (Å²) in [6.07, 6.45) is 0.904. The summed E-state index contributed by atoms with van der Waals surface area (Å²) >= 11 is 0.